The smallest absolute Gasteiger partial charge is 0.167 e. The number of hydrogen-bond acceptors (Lipinski definition) is 4. The molecule has 1 aliphatic rings. The maximum absolute atomic E-state index is 6.07. The quantitative estimate of drug-likeness (QED) is 0.847. The van der Waals surface area contributed by atoms with E-state index in [-0.39, 0.29) is 6.04 Å². The molecule has 0 spiro atoms. The highest BCUT2D eigenvalue weighted by Gasteiger charge is 2.20. The summed E-state index contributed by atoms with van der Waals surface area (Å²) in [7, 11) is 0. The minimum atomic E-state index is -0.0176. The topological polar surface area (TPSA) is 67.6 Å². The second-order valence-corrected chi connectivity index (χ2v) is 5.79. The summed E-state index contributed by atoms with van der Waals surface area (Å²) >= 11 is 1.81. The number of H-pyrrole nitrogens is 1. The first-order valence-electron chi connectivity index (χ1n) is 6.48. The molecular weight excluding hydrogens is 232 g/mol. The van der Waals surface area contributed by atoms with Crippen LogP contribution in [-0.4, -0.2) is 27.2 Å². The van der Waals surface area contributed by atoms with Crippen molar-refractivity contribution < 1.29 is 0 Å². The van der Waals surface area contributed by atoms with Gasteiger partial charge in [-0.1, -0.05) is 19.3 Å². The van der Waals surface area contributed by atoms with Crippen molar-refractivity contribution in [3.8, 4) is 0 Å². The average Bonchev–Trinajstić information content (AvgIpc) is 2.86. The molecule has 1 aromatic heterocycles. The van der Waals surface area contributed by atoms with Gasteiger partial charge in [-0.25, -0.2) is 4.98 Å². The Balaban J connectivity index is 1.94. The van der Waals surface area contributed by atoms with Gasteiger partial charge in [-0.15, -0.1) is 0 Å². The Morgan fingerprint density at radius 3 is 2.88 bits per heavy atom. The molecule has 3 N–H and O–H groups in total. The Morgan fingerprint density at radius 2 is 2.18 bits per heavy atom. The van der Waals surface area contributed by atoms with Gasteiger partial charge in [0.05, 0.1) is 6.04 Å². The van der Waals surface area contributed by atoms with Gasteiger partial charge in [0.15, 0.2) is 5.82 Å². The lowest BCUT2D eigenvalue weighted by atomic mass is 9.89. The van der Waals surface area contributed by atoms with Crippen molar-refractivity contribution in [3.63, 3.8) is 0 Å². The van der Waals surface area contributed by atoms with Crippen molar-refractivity contribution in [2.75, 3.05) is 12.0 Å². The molecule has 1 fully saturated rings. The molecule has 0 aliphatic heterocycles. The average molecular weight is 254 g/mol. The molecule has 1 heterocycles. The van der Waals surface area contributed by atoms with Gasteiger partial charge in [0, 0.05) is 5.92 Å². The van der Waals surface area contributed by atoms with Crippen LogP contribution in [0.15, 0.2) is 0 Å². The Hall–Kier alpha value is -0.550. The van der Waals surface area contributed by atoms with Crippen LogP contribution in [0.2, 0.25) is 0 Å². The van der Waals surface area contributed by atoms with Crippen LogP contribution in [0.1, 0.15) is 62.1 Å². The van der Waals surface area contributed by atoms with Crippen LogP contribution in [0.5, 0.6) is 0 Å². The van der Waals surface area contributed by atoms with Gasteiger partial charge in [0.25, 0.3) is 0 Å². The van der Waals surface area contributed by atoms with E-state index in [1.54, 1.807) is 0 Å². The summed E-state index contributed by atoms with van der Waals surface area (Å²) in [6.45, 7) is 0. The highest BCUT2D eigenvalue weighted by molar-refractivity contribution is 7.98. The second-order valence-electron chi connectivity index (χ2n) is 4.80. The van der Waals surface area contributed by atoms with E-state index >= 15 is 0 Å². The Bertz CT molecular complexity index is 333. The monoisotopic (exact) mass is 254 g/mol. The van der Waals surface area contributed by atoms with Gasteiger partial charge < -0.3 is 5.73 Å². The van der Waals surface area contributed by atoms with Gasteiger partial charge >= 0.3 is 0 Å². The van der Waals surface area contributed by atoms with E-state index < -0.39 is 0 Å². The summed E-state index contributed by atoms with van der Waals surface area (Å²) in [5.74, 6) is 3.49. The predicted octanol–water partition coefficient (Wildman–Crippen LogP) is 2.61. The number of aromatic amines is 1. The molecule has 4 nitrogen and oxygen atoms in total. The minimum absolute atomic E-state index is 0.0176. The molecule has 1 unspecified atom stereocenters. The molecule has 5 heteroatoms. The van der Waals surface area contributed by atoms with Crippen molar-refractivity contribution in [1.29, 1.82) is 0 Å². The van der Waals surface area contributed by atoms with Crippen LogP contribution < -0.4 is 5.73 Å². The lowest BCUT2D eigenvalue weighted by molar-refractivity contribution is 0.429. The molecule has 96 valence electrons. The molecule has 0 bridgehead atoms. The molecule has 17 heavy (non-hydrogen) atoms. The van der Waals surface area contributed by atoms with Gasteiger partial charge in [-0.05, 0) is 31.3 Å². The fourth-order valence-electron chi connectivity index (χ4n) is 2.39. The van der Waals surface area contributed by atoms with E-state index in [4.69, 9.17) is 5.73 Å². The van der Waals surface area contributed by atoms with Crippen LogP contribution >= 0.6 is 11.8 Å². The maximum atomic E-state index is 6.07. The minimum Gasteiger partial charge on any atom is -0.321 e. The number of rotatable bonds is 5. The number of thioether (sulfide) groups is 1. The van der Waals surface area contributed by atoms with E-state index in [0.717, 1.165) is 23.8 Å². The molecule has 0 radical (unpaired) electrons. The van der Waals surface area contributed by atoms with E-state index in [1.807, 2.05) is 11.8 Å². The van der Waals surface area contributed by atoms with Crippen LogP contribution in [-0.2, 0) is 0 Å². The molecule has 1 aliphatic carbocycles. The third-order valence-electron chi connectivity index (χ3n) is 3.48. The number of nitrogens with two attached hydrogens (primary N) is 1. The largest absolute Gasteiger partial charge is 0.321 e. The van der Waals surface area contributed by atoms with E-state index in [9.17, 15) is 0 Å². The molecule has 0 saturated heterocycles. The Labute approximate surface area is 107 Å². The number of nitrogens with zero attached hydrogens (tertiary/aromatic N) is 2. The first-order chi connectivity index (χ1) is 8.31. The highest BCUT2D eigenvalue weighted by Crippen LogP contribution is 2.30. The zero-order valence-electron chi connectivity index (χ0n) is 10.5. The Morgan fingerprint density at radius 1 is 1.41 bits per heavy atom. The van der Waals surface area contributed by atoms with Gasteiger partial charge in [-0.3, -0.25) is 5.10 Å². The van der Waals surface area contributed by atoms with Crippen molar-refractivity contribution in [2.45, 2.75) is 50.5 Å². The SMILES string of the molecule is CSCCC(N)c1n[nH]c(C2CCCCC2)n1. The molecule has 1 aromatic rings. The van der Waals surface area contributed by atoms with Crippen LogP contribution in [0.3, 0.4) is 0 Å². The van der Waals surface area contributed by atoms with Crippen LogP contribution in [0.4, 0.5) is 0 Å². The van der Waals surface area contributed by atoms with Gasteiger partial charge in [-0.2, -0.15) is 16.9 Å². The normalized spacial score (nSPS) is 19.4. The molecule has 0 aromatic carbocycles. The summed E-state index contributed by atoms with van der Waals surface area (Å²) in [6.07, 6.45) is 9.54. The zero-order valence-corrected chi connectivity index (χ0v) is 11.3. The third-order valence-corrected chi connectivity index (χ3v) is 4.12. The van der Waals surface area contributed by atoms with Crippen LogP contribution in [0, 0.1) is 0 Å². The first kappa shape index (κ1) is 12.9. The van der Waals surface area contributed by atoms with Crippen molar-refractivity contribution >= 4 is 11.8 Å². The molecule has 0 amide bonds. The molecule has 2 rings (SSSR count). The summed E-state index contributed by atoms with van der Waals surface area (Å²) in [5.41, 5.74) is 6.07. The van der Waals surface area contributed by atoms with Gasteiger partial charge in [0.1, 0.15) is 5.82 Å². The van der Waals surface area contributed by atoms with E-state index in [0.29, 0.717) is 5.92 Å². The lowest BCUT2D eigenvalue weighted by Gasteiger charge is -2.18. The highest BCUT2D eigenvalue weighted by atomic mass is 32.2. The fraction of sp³-hybridized carbons (Fsp3) is 0.833. The van der Waals surface area contributed by atoms with Crippen molar-refractivity contribution in [3.05, 3.63) is 11.6 Å². The lowest BCUT2D eigenvalue weighted by Crippen LogP contribution is -2.13. The molecular formula is C12H22N4S. The van der Waals surface area contributed by atoms with Gasteiger partial charge in [0.2, 0.25) is 0 Å². The number of nitrogens with one attached hydrogen (secondary N) is 1. The summed E-state index contributed by atoms with van der Waals surface area (Å²) in [5, 5.41) is 7.36. The van der Waals surface area contributed by atoms with E-state index in [1.165, 1.54) is 32.1 Å². The summed E-state index contributed by atoms with van der Waals surface area (Å²) < 4.78 is 0. The van der Waals surface area contributed by atoms with Crippen molar-refractivity contribution in [1.82, 2.24) is 15.2 Å². The second kappa shape index (κ2) is 6.40. The maximum Gasteiger partial charge on any atom is 0.167 e. The number of aromatic nitrogens is 3. The first-order valence-corrected chi connectivity index (χ1v) is 7.87. The summed E-state index contributed by atoms with van der Waals surface area (Å²) in [6, 6.07) is -0.0176. The predicted molar refractivity (Wildman–Crippen MR) is 72.1 cm³/mol. The van der Waals surface area contributed by atoms with Crippen molar-refractivity contribution in [2.24, 2.45) is 5.73 Å². The fourth-order valence-corrected chi connectivity index (χ4v) is 2.88. The van der Waals surface area contributed by atoms with E-state index in [2.05, 4.69) is 21.4 Å². The van der Waals surface area contributed by atoms with Crippen LogP contribution in [0.25, 0.3) is 0 Å². The summed E-state index contributed by atoms with van der Waals surface area (Å²) in [4.78, 5) is 4.59. The molecule has 1 saturated carbocycles. The number of hydrogen-bond donors (Lipinski definition) is 2. The third kappa shape index (κ3) is 3.45. The zero-order chi connectivity index (χ0) is 12.1. The molecule has 1 atom stereocenters. The Kier molecular flexibility index (Phi) is 4.86. The standard InChI is InChI=1S/C12H22N4S/c1-17-8-7-10(13)12-14-11(15-16-12)9-5-3-2-4-6-9/h9-10H,2-8,13H2,1H3,(H,14,15,16).